The summed E-state index contributed by atoms with van der Waals surface area (Å²) in [5.74, 6) is 1.80. The van der Waals surface area contributed by atoms with E-state index in [1.54, 1.807) is 0 Å². The Kier molecular flexibility index (Phi) is 6.31. The van der Waals surface area contributed by atoms with Crippen molar-refractivity contribution in [2.45, 2.75) is 58.0 Å². The van der Waals surface area contributed by atoms with E-state index in [1.807, 2.05) is 0 Å². The predicted octanol–water partition coefficient (Wildman–Crippen LogP) is 2.43. The van der Waals surface area contributed by atoms with Crippen molar-refractivity contribution in [1.82, 2.24) is 15.1 Å². The molecule has 0 aromatic heterocycles. The summed E-state index contributed by atoms with van der Waals surface area (Å²) in [6, 6.07) is 1.38. The van der Waals surface area contributed by atoms with Gasteiger partial charge < -0.3 is 10.2 Å². The van der Waals surface area contributed by atoms with E-state index in [4.69, 9.17) is 0 Å². The Hall–Kier alpha value is -0.120. The molecule has 1 heterocycles. The van der Waals surface area contributed by atoms with E-state index >= 15 is 0 Å². The van der Waals surface area contributed by atoms with E-state index in [-0.39, 0.29) is 0 Å². The Morgan fingerprint density at radius 3 is 2.70 bits per heavy atom. The van der Waals surface area contributed by atoms with Crippen LogP contribution < -0.4 is 5.32 Å². The first-order valence-electron chi connectivity index (χ1n) is 8.74. The van der Waals surface area contributed by atoms with E-state index < -0.39 is 0 Å². The first-order chi connectivity index (χ1) is 9.61. The molecule has 2 fully saturated rings. The Morgan fingerprint density at radius 1 is 1.20 bits per heavy atom. The lowest BCUT2D eigenvalue weighted by Gasteiger charge is -2.46. The van der Waals surface area contributed by atoms with Crippen molar-refractivity contribution in [3.05, 3.63) is 0 Å². The molecule has 118 valence electrons. The van der Waals surface area contributed by atoms with Crippen molar-refractivity contribution < 1.29 is 0 Å². The fourth-order valence-corrected chi connectivity index (χ4v) is 4.17. The highest BCUT2D eigenvalue weighted by atomic mass is 15.3. The number of rotatable bonds is 5. The summed E-state index contributed by atoms with van der Waals surface area (Å²) < 4.78 is 0. The topological polar surface area (TPSA) is 18.5 Å². The molecule has 2 rings (SSSR count). The van der Waals surface area contributed by atoms with Crippen LogP contribution in [0.4, 0.5) is 0 Å². The zero-order valence-corrected chi connectivity index (χ0v) is 14.1. The molecule has 3 nitrogen and oxygen atoms in total. The Balaban J connectivity index is 2.04. The average Bonchev–Trinajstić information content (AvgIpc) is 2.43. The van der Waals surface area contributed by atoms with Crippen LogP contribution in [0.25, 0.3) is 0 Å². The predicted molar refractivity (Wildman–Crippen MR) is 87.1 cm³/mol. The second kappa shape index (κ2) is 7.77. The van der Waals surface area contributed by atoms with Gasteiger partial charge in [-0.15, -0.1) is 0 Å². The van der Waals surface area contributed by atoms with E-state index in [0.29, 0.717) is 12.1 Å². The SMILES string of the molecule is CCCNC(C1CCCC(C)C1)C1CN(C)CCN1C. The van der Waals surface area contributed by atoms with Gasteiger partial charge in [0.25, 0.3) is 0 Å². The summed E-state index contributed by atoms with van der Waals surface area (Å²) in [6.45, 7) is 9.55. The zero-order valence-electron chi connectivity index (χ0n) is 14.1. The summed E-state index contributed by atoms with van der Waals surface area (Å²) >= 11 is 0. The van der Waals surface area contributed by atoms with E-state index in [9.17, 15) is 0 Å². The minimum Gasteiger partial charge on any atom is -0.312 e. The fraction of sp³-hybridized carbons (Fsp3) is 1.00. The minimum absolute atomic E-state index is 0.686. The Morgan fingerprint density at radius 2 is 2.00 bits per heavy atom. The minimum atomic E-state index is 0.686. The van der Waals surface area contributed by atoms with Crippen LogP contribution in [0.15, 0.2) is 0 Å². The van der Waals surface area contributed by atoms with Gasteiger partial charge in [-0.3, -0.25) is 4.90 Å². The molecule has 1 aliphatic heterocycles. The van der Waals surface area contributed by atoms with Crippen molar-refractivity contribution in [3.63, 3.8) is 0 Å². The lowest BCUT2D eigenvalue weighted by Crippen LogP contribution is -2.61. The molecular formula is C17H35N3. The molecule has 1 aliphatic carbocycles. The molecule has 20 heavy (non-hydrogen) atoms. The van der Waals surface area contributed by atoms with Crippen molar-refractivity contribution >= 4 is 0 Å². The Bertz CT molecular complexity index is 281. The number of likely N-dealkylation sites (N-methyl/N-ethyl adjacent to an activating group) is 2. The number of piperazine rings is 1. The van der Waals surface area contributed by atoms with Crippen LogP contribution >= 0.6 is 0 Å². The zero-order chi connectivity index (χ0) is 14.5. The molecule has 4 atom stereocenters. The lowest BCUT2D eigenvalue weighted by molar-refractivity contribution is 0.0571. The molecule has 0 spiro atoms. The molecule has 0 aromatic rings. The molecular weight excluding hydrogens is 246 g/mol. The number of hydrogen-bond acceptors (Lipinski definition) is 3. The van der Waals surface area contributed by atoms with Crippen LogP contribution in [0.1, 0.15) is 46.0 Å². The molecule has 0 aromatic carbocycles. The molecule has 0 amide bonds. The summed E-state index contributed by atoms with van der Waals surface area (Å²) in [4.78, 5) is 5.12. The molecule has 1 N–H and O–H groups in total. The van der Waals surface area contributed by atoms with Gasteiger partial charge in [0.15, 0.2) is 0 Å². The third-order valence-electron chi connectivity index (χ3n) is 5.43. The molecule has 1 saturated heterocycles. The van der Waals surface area contributed by atoms with E-state index in [0.717, 1.165) is 11.8 Å². The van der Waals surface area contributed by atoms with Gasteiger partial charge in [0.05, 0.1) is 0 Å². The molecule has 0 radical (unpaired) electrons. The van der Waals surface area contributed by atoms with E-state index in [1.165, 1.54) is 58.3 Å². The number of nitrogens with one attached hydrogen (secondary N) is 1. The number of hydrogen-bond donors (Lipinski definition) is 1. The largest absolute Gasteiger partial charge is 0.312 e. The van der Waals surface area contributed by atoms with Gasteiger partial charge in [-0.2, -0.15) is 0 Å². The number of nitrogens with zero attached hydrogens (tertiary/aromatic N) is 2. The van der Waals surface area contributed by atoms with Crippen LogP contribution in [0.5, 0.6) is 0 Å². The van der Waals surface area contributed by atoms with Crippen LogP contribution in [-0.4, -0.2) is 62.2 Å². The normalized spacial score (nSPS) is 35.1. The van der Waals surface area contributed by atoms with Crippen molar-refractivity contribution in [3.8, 4) is 0 Å². The molecule has 3 heteroatoms. The molecule has 4 unspecified atom stereocenters. The second-order valence-electron chi connectivity index (χ2n) is 7.32. The first-order valence-corrected chi connectivity index (χ1v) is 8.74. The van der Waals surface area contributed by atoms with Gasteiger partial charge in [-0.25, -0.2) is 0 Å². The van der Waals surface area contributed by atoms with Crippen molar-refractivity contribution in [2.75, 3.05) is 40.3 Å². The van der Waals surface area contributed by atoms with Crippen LogP contribution in [-0.2, 0) is 0 Å². The van der Waals surface area contributed by atoms with Gasteiger partial charge in [-0.1, -0.05) is 26.7 Å². The van der Waals surface area contributed by atoms with Crippen LogP contribution in [0.2, 0.25) is 0 Å². The third kappa shape index (κ3) is 4.19. The quantitative estimate of drug-likeness (QED) is 0.835. The summed E-state index contributed by atoms with van der Waals surface area (Å²) in [7, 11) is 4.60. The highest BCUT2D eigenvalue weighted by Gasteiger charge is 2.36. The molecule has 1 saturated carbocycles. The smallest absolute Gasteiger partial charge is 0.0376 e. The molecule has 2 aliphatic rings. The monoisotopic (exact) mass is 281 g/mol. The van der Waals surface area contributed by atoms with Gasteiger partial charge >= 0.3 is 0 Å². The first kappa shape index (κ1) is 16.3. The highest BCUT2D eigenvalue weighted by molar-refractivity contribution is 4.94. The Labute approximate surface area is 126 Å². The third-order valence-corrected chi connectivity index (χ3v) is 5.43. The second-order valence-corrected chi connectivity index (χ2v) is 7.32. The maximum atomic E-state index is 3.91. The van der Waals surface area contributed by atoms with Crippen molar-refractivity contribution in [1.29, 1.82) is 0 Å². The van der Waals surface area contributed by atoms with Gasteiger partial charge in [-0.05, 0) is 51.7 Å². The van der Waals surface area contributed by atoms with Crippen molar-refractivity contribution in [2.24, 2.45) is 11.8 Å². The van der Waals surface area contributed by atoms with Gasteiger partial charge in [0.2, 0.25) is 0 Å². The standard InChI is InChI=1S/C17H35N3/c1-5-9-18-17(15-8-6-7-14(2)12-15)16-13-19(3)10-11-20(16)4/h14-18H,5-13H2,1-4H3. The van der Waals surface area contributed by atoms with Crippen LogP contribution in [0.3, 0.4) is 0 Å². The average molecular weight is 281 g/mol. The summed E-state index contributed by atoms with van der Waals surface area (Å²) in [5, 5.41) is 3.91. The maximum Gasteiger partial charge on any atom is 0.0376 e. The maximum absolute atomic E-state index is 3.91. The van der Waals surface area contributed by atoms with Crippen LogP contribution in [0, 0.1) is 11.8 Å². The highest BCUT2D eigenvalue weighted by Crippen LogP contribution is 2.33. The van der Waals surface area contributed by atoms with Gasteiger partial charge in [0.1, 0.15) is 0 Å². The van der Waals surface area contributed by atoms with E-state index in [2.05, 4.69) is 43.1 Å². The fourth-order valence-electron chi connectivity index (χ4n) is 4.17. The van der Waals surface area contributed by atoms with Gasteiger partial charge in [0, 0.05) is 31.7 Å². The lowest BCUT2D eigenvalue weighted by atomic mass is 9.76. The summed E-state index contributed by atoms with van der Waals surface area (Å²) in [5.41, 5.74) is 0. The molecule has 0 bridgehead atoms. The summed E-state index contributed by atoms with van der Waals surface area (Å²) in [6.07, 6.45) is 6.97.